The number of carbonyl (C=O) groups excluding carboxylic acids is 2. The van der Waals surface area contributed by atoms with Crippen molar-refractivity contribution in [1.29, 1.82) is 5.26 Å². The van der Waals surface area contributed by atoms with Crippen LogP contribution in [0.25, 0.3) is 11.0 Å². The van der Waals surface area contributed by atoms with Gasteiger partial charge in [0.1, 0.15) is 5.65 Å². The summed E-state index contributed by atoms with van der Waals surface area (Å²) >= 11 is 0. The Morgan fingerprint density at radius 1 is 1.20 bits per heavy atom. The van der Waals surface area contributed by atoms with Crippen molar-refractivity contribution in [2.24, 2.45) is 24.8 Å². The van der Waals surface area contributed by atoms with E-state index in [2.05, 4.69) is 27.0 Å². The fraction of sp³-hybridized carbons (Fsp3) is 0.429. The number of aryl methyl sites for hydroxylation is 2. The lowest BCUT2D eigenvalue weighted by atomic mass is 9.79. The summed E-state index contributed by atoms with van der Waals surface area (Å²) in [6.45, 7) is 7.61. The molecule has 0 radical (unpaired) electrons. The summed E-state index contributed by atoms with van der Waals surface area (Å²) in [7, 11) is 2.02. The van der Waals surface area contributed by atoms with Gasteiger partial charge in [-0.1, -0.05) is 19.9 Å². The van der Waals surface area contributed by atoms with E-state index in [1.54, 1.807) is 30.5 Å². The molecule has 5 rings (SSSR count). The fourth-order valence-corrected chi connectivity index (χ4v) is 6.12. The van der Waals surface area contributed by atoms with E-state index in [4.69, 9.17) is 10.2 Å². The van der Waals surface area contributed by atoms with Gasteiger partial charge in [0.25, 0.3) is 5.91 Å². The van der Waals surface area contributed by atoms with Crippen LogP contribution in [-0.4, -0.2) is 39.4 Å². The highest BCUT2D eigenvalue weighted by Crippen LogP contribution is 2.50. The third-order valence-electron chi connectivity index (χ3n) is 7.77. The molecule has 1 aromatic carbocycles. The molecule has 2 amide bonds. The number of anilines is 1. The maximum Gasteiger partial charge on any atom is 0.255 e. The molecule has 2 fully saturated rings. The van der Waals surface area contributed by atoms with Gasteiger partial charge in [0.15, 0.2) is 0 Å². The van der Waals surface area contributed by atoms with Crippen LogP contribution in [0.1, 0.15) is 59.7 Å². The van der Waals surface area contributed by atoms with Crippen LogP contribution in [0, 0.1) is 36.0 Å². The highest BCUT2D eigenvalue weighted by Gasteiger charge is 2.45. The first kappa shape index (κ1) is 23.1. The number of amides is 2. The standard InChI is InChI=1S/C28H31N5O2/c1-16(2)28(35)33-13-20-8-9-21(14-33)25(20)22-15-32(4)26-24(22)17(3)23(12-30-26)31-27(34)19-7-5-6-18(10-19)11-29/h5-7,10,12,15-16,20-21,25H,8-9,13-14H2,1-4H3,(H,31,34)/t20-,21?,25?/m0/s1. The van der Waals surface area contributed by atoms with E-state index in [-0.39, 0.29) is 17.7 Å². The largest absolute Gasteiger partial charge is 0.342 e. The van der Waals surface area contributed by atoms with Gasteiger partial charge in [-0.2, -0.15) is 5.26 Å². The van der Waals surface area contributed by atoms with Gasteiger partial charge >= 0.3 is 0 Å². The predicted octanol–water partition coefficient (Wildman–Crippen LogP) is 4.61. The Morgan fingerprint density at radius 3 is 2.57 bits per heavy atom. The third-order valence-corrected chi connectivity index (χ3v) is 7.77. The van der Waals surface area contributed by atoms with Crippen molar-refractivity contribution < 1.29 is 9.59 Å². The number of nitriles is 1. The topological polar surface area (TPSA) is 91.0 Å². The molecule has 2 aromatic heterocycles. The molecule has 1 saturated carbocycles. The first-order valence-electron chi connectivity index (χ1n) is 12.3. The Hall–Kier alpha value is -3.66. The summed E-state index contributed by atoms with van der Waals surface area (Å²) in [6.07, 6.45) is 6.17. The molecular formula is C28H31N5O2. The summed E-state index contributed by atoms with van der Waals surface area (Å²) in [5.74, 6) is 1.27. The van der Waals surface area contributed by atoms with E-state index in [1.807, 2.05) is 27.8 Å². The number of hydrogen-bond acceptors (Lipinski definition) is 4. The lowest BCUT2D eigenvalue weighted by molar-refractivity contribution is -0.136. The van der Waals surface area contributed by atoms with E-state index >= 15 is 0 Å². The van der Waals surface area contributed by atoms with E-state index < -0.39 is 0 Å². The zero-order valence-electron chi connectivity index (χ0n) is 20.7. The van der Waals surface area contributed by atoms with E-state index in [0.29, 0.717) is 34.6 Å². The van der Waals surface area contributed by atoms with Gasteiger partial charge in [-0.15, -0.1) is 0 Å². The number of rotatable bonds is 4. The summed E-state index contributed by atoms with van der Waals surface area (Å²) in [4.78, 5) is 32.4. The molecule has 1 saturated heterocycles. The summed E-state index contributed by atoms with van der Waals surface area (Å²) in [5.41, 5.74) is 4.75. The Kier molecular flexibility index (Phi) is 5.84. The molecular weight excluding hydrogens is 438 g/mol. The molecule has 3 aromatic rings. The summed E-state index contributed by atoms with van der Waals surface area (Å²) < 4.78 is 2.07. The Bertz CT molecular complexity index is 1350. The molecule has 180 valence electrons. The number of nitrogens with one attached hydrogen (secondary N) is 1. The Labute approximate surface area is 205 Å². The number of aromatic nitrogens is 2. The monoisotopic (exact) mass is 469 g/mol. The molecule has 2 aliphatic rings. The molecule has 1 aliphatic heterocycles. The molecule has 2 bridgehead atoms. The lowest BCUT2D eigenvalue weighted by Crippen LogP contribution is -2.45. The average Bonchev–Trinajstić information content (AvgIpc) is 3.32. The van der Waals surface area contributed by atoms with Crippen molar-refractivity contribution in [3.63, 3.8) is 0 Å². The second-order valence-electron chi connectivity index (χ2n) is 10.4. The summed E-state index contributed by atoms with van der Waals surface area (Å²) in [5, 5.41) is 13.3. The molecule has 3 atom stereocenters. The smallest absolute Gasteiger partial charge is 0.255 e. The minimum absolute atomic E-state index is 0.0231. The van der Waals surface area contributed by atoms with Crippen molar-refractivity contribution in [3.05, 3.63) is 58.9 Å². The van der Waals surface area contributed by atoms with Gasteiger partial charge in [-0.3, -0.25) is 9.59 Å². The Balaban J connectivity index is 1.48. The number of benzene rings is 1. The zero-order valence-corrected chi connectivity index (χ0v) is 20.7. The second kappa shape index (κ2) is 8.84. The van der Waals surface area contributed by atoms with Crippen LogP contribution < -0.4 is 5.32 Å². The first-order valence-corrected chi connectivity index (χ1v) is 12.3. The number of fused-ring (bicyclic) bond motifs is 3. The van der Waals surface area contributed by atoms with Crippen LogP contribution in [0.5, 0.6) is 0 Å². The molecule has 0 spiro atoms. The van der Waals surface area contributed by atoms with Crippen molar-refractivity contribution >= 4 is 28.5 Å². The van der Waals surface area contributed by atoms with E-state index in [1.165, 1.54) is 5.56 Å². The molecule has 35 heavy (non-hydrogen) atoms. The highest BCUT2D eigenvalue weighted by molar-refractivity contribution is 6.06. The molecule has 2 unspecified atom stereocenters. The Morgan fingerprint density at radius 2 is 1.91 bits per heavy atom. The number of nitrogens with zero attached hydrogens (tertiary/aromatic N) is 4. The predicted molar refractivity (Wildman–Crippen MR) is 135 cm³/mol. The van der Waals surface area contributed by atoms with Crippen molar-refractivity contribution in [2.45, 2.75) is 39.5 Å². The number of hydrogen-bond donors (Lipinski definition) is 1. The SMILES string of the molecule is Cc1c(NC(=O)c2cccc(C#N)c2)cnc2c1c(C1C3CC[C@H]1CN(C(=O)C(C)C)C3)cn2C. The van der Waals surface area contributed by atoms with Crippen LogP contribution in [-0.2, 0) is 11.8 Å². The van der Waals surface area contributed by atoms with Crippen LogP contribution in [0.15, 0.2) is 36.7 Å². The van der Waals surface area contributed by atoms with Crippen LogP contribution in [0.3, 0.4) is 0 Å². The van der Waals surface area contributed by atoms with Crippen molar-refractivity contribution in [2.75, 3.05) is 18.4 Å². The van der Waals surface area contributed by atoms with Crippen LogP contribution in [0.2, 0.25) is 0 Å². The van der Waals surface area contributed by atoms with E-state index in [9.17, 15) is 9.59 Å². The minimum atomic E-state index is -0.260. The first-order chi connectivity index (χ1) is 16.8. The second-order valence-corrected chi connectivity index (χ2v) is 10.4. The van der Waals surface area contributed by atoms with Gasteiger partial charge in [0, 0.05) is 43.2 Å². The summed E-state index contributed by atoms with van der Waals surface area (Å²) in [6, 6.07) is 8.77. The molecule has 1 N–H and O–H groups in total. The maximum atomic E-state index is 12.9. The van der Waals surface area contributed by atoms with E-state index in [0.717, 1.165) is 42.5 Å². The average molecular weight is 470 g/mol. The molecule has 1 aliphatic carbocycles. The molecule has 7 nitrogen and oxygen atoms in total. The lowest BCUT2D eigenvalue weighted by Gasteiger charge is -2.39. The number of pyridine rings is 1. The number of piperidine rings is 1. The van der Waals surface area contributed by atoms with Crippen molar-refractivity contribution in [1.82, 2.24) is 14.5 Å². The minimum Gasteiger partial charge on any atom is -0.342 e. The van der Waals surface area contributed by atoms with Crippen LogP contribution >= 0.6 is 0 Å². The molecule has 7 heteroatoms. The highest BCUT2D eigenvalue weighted by atomic mass is 16.2. The number of carbonyl (C=O) groups is 2. The number of likely N-dealkylation sites (tertiary alicyclic amines) is 1. The van der Waals surface area contributed by atoms with Gasteiger partial charge in [0.05, 0.1) is 23.5 Å². The van der Waals surface area contributed by atoms with Gasteiger partial charge in [0.2, 0.25) is 5.91 Å². The van der Waals surface area contributed by atoms with Gasteiger partial charge < -0.3 is 14.8 Å². The van der Waals surface area contributed by atoms with Crippen molar-refractivity contribution in [3.8, 4) is 6.07 Å². The third kappa shape index (κ3) is 3.97. The quantitative estimate of drug-likeness (QED) is 0.604. The normalized spacial score (nSPS) is 21.4. The fourth-order valence-electron chi connectivity index (χ4n) is 6.12. The van der Waals surface area contributed by atoms with Gasteiger partial charge in [-0.05, 0) is 66.8 Å². The zero-order chi connectivity index (χ0) is 24.9. The van der Waals surface area contributed by atoms with Gasteiger partial charge in [-0.25, -0.2) is 4.98 Å². The van der Waals surface area contributed by atoms with Crippen LogP contribution in [0.4, 0.5) is 5.69 Å². The molecule has 3 heterocycles. The maximum absolute atomic E-state index is 12.9.